The van der Waals surface area contributed by atoms with Crippen molar-refractivity contribution in [2.75, 3.05) is 4.90 Å². The Morgan fingerprint density at radius 3 is 1.41 bits per heavy atom. The van der Waals surface area contributed by atoms with Gasteiger partial charge in [0.25, 0.3) is 0 Å². The summed E-state index contributed by atoms with van der Waals surface area (Å²) in [6, 6.07) is 96.3. The number of hydrogen-bond donors (Lipinski definition) is 0. The van der Waals surface area contributed by atoms with E-state index >= 15 is 0 Å². The lowest BCUT2D eigenvalue weighted by Crippen LogP contribution is -2.28. The molecule has 68 heavy (non-hydrogen) atoms. The van der Waals surface area contributed by atoms with Crippen LogP contribution in [0.4, 0.5) is 17.1 Å². The van der Waals surface area contributed by atoms with Crippen molar-refractivity contribution in [2.45, 2.75) is 19.3 Å². The largest absolute Gasteiger partial charge is 0.310 e. The van der Waals surface area contributed by atoms with Crippen LogP contribution < -0.4 is 4.90 Å². The first kappa shape index (κ1) is 40.9. The van der Waals surface area contributed by atoms with Gasteiger partial charge in [-0.15, -0.1) is 0 Å². The number of fused-ring (bicyclic) bond motifs is 4. The topological polar surface area (TPSA) is 3.24 Å². The van der Waals surface area contributed by atoms with Crippen LogP contribution in [0, 0.1) is 13.8 Å². The molecule has 0 saturated heterocycles. The molecule has 0 spiro atoms. The number of anilines is 3. The minimum atomic E-state index is -0.554. The van der Waals surface area contributed by atoms with Crippen LogP contribution in [-0.4, -0.2) is 0 Å². The zero-order valence-electron chi connectivity index (χ0n) is 38.3. The van der Waals surface area contributed by atoms with Crippen LogP contribution in [0.2, 0.25) is 0 Å². The average Bonchev–Trinajstić information content (AvgIpc) is 3.71. The molecule has 0 fully saturated rings. The number of benzene rings is 11. The Morgan fingerprint density at radius 1 is 0.294 bits per heavy atom. The van der Waals surface area contributed by atoms with Gasteiger partial charge in [-0.1, -0.05) is 224 Å². The normalized spacial score (nSPS) is 12.4. The van der Waals surface area contributed by atoms with E-state index in [1.54, 1.807) is 0 Å². The molecule has 322 valence electrons. The summed E-state index contributed by atoms with van der Waals surface area (Å²) >= 11 is 0. The van der Waals surface area contributed by atoms with Gasteiger partial charge in [-0.25, -0.2) is 0 Å². The zero-order chi connectivity index (χ0) is 45.6. The van der Waals surface area contributed by atoms with E-state index in [9.17, 15) is 0 Å². The lowest BCUT2D eigenvalue weighted by atomic mass is 9.67. The molecule has 0 radical (unpaired) electrons. The van der Waals surface area contributed by atoms with Crippen molar-refractivity contribution in [1.82, 2.24) is 0 Å². The van der Waals surface area contributed by atoms with Gasteiger partial charge in [0.15, 0.2) is 0 Å². The molecule has 0 bridgehead atoms. The number of rotatable bonds is 9. The van der Waals surface area contributed by atoms with Gasteiger partial charge in [0.05, 0.1) is 11.1 Å². The summed E-state index contributed by atoms with van der Waals surface area (Å²) < 4.78 is 0. The van der Waals surface area contributed by atoms with Crippen LogP contribution in [0.1, 0.15) is 33.4 Å². The first-order chi connectivity index (χ1) is 33.6. The van der Waals surface area contributed by atoms with Crippen LogP contribution in [0.25, 0.3) is 66.4 Å². The Balaban J connectivity index is 1.13. The Kier molecular flexibility index (Phi) is 10.3. The molecule has 1 heteroatoms. The lowest BCUT2D eigenvalue weighted by molar-refractivity contribution is 0.768. The van der Waals surface area contributed by atoms with Crippen LogP contribution in [-0.2, 0) is 5.41 Å². The van der Waals surface area contributed by atoms with E-state index in [0.29, 0.717) is 0 Å². The molecule has 0 amide bonds. The highest BCUT2D eigenvalue weighted by atomic mass is 15.1. The van der Waals surface area contributed by atoms with E-state index in [2.05, 4.69) is 280 Å². The Hall–Kier alpha value is -8.52. The van der Waals surface area contributed by atoms with Crippen molar-refractivity contribution in [2.24, 2.45) is 0 Å². The molecule has 0 aromatic heterocycles. The summed E-state index contributed by atoms with van der Waals surface area (Å²) in [6.07, 6.45) is 0. The van der Waals surface area contributed by atoms with E-state index in [-0.39, 0.29) is 0 Å². The number of aryl methyl sites for hydroxylation is 2. The third kappa shape index (κ3) is 6.78. The molecule has 0 saturated carbocycles. The molecular weight excluding hydrogens is 819 g/mol. The highest BCUT2D eigenvalue weighted by Gasteiger charge is 2.47. The Labute approximate surface area is 399 Å². The standard InChI is InChI=1S/C67H49N/c1-46-21-15-18-33-57(46)61-43-51-27-16-17-28-52(51)44-64(61)68(55-39-37-50(38-40-55)66-58(48-23-7-3-8-24-48)34-20-35-59(66)49-25-9-4-10-26-49)56-41-42-60-63(45-56)67(53-29-11-5-12-30-53,54-31-13-6-14-32-54)62-36-19-22-47(2)65(60)62/h3-45H,1-2H3. The van der Waals surface area contributed by atoms with E-state index < -0.39 is 5.41 Å². The summed E-state index contributed by atoms with van der Waals surface area (Å²) in [4.78, 5) is 2.51. The molecule has 1 aliphatic carbocycles. The fourth-order valence-electron chi connectivity index (χ4n) is 11.1. The lowest BCUT2D eigenvalue weighted by Gasteiger charge is -2.35. The van der Waals surface area contributed by atoms with Crippen molar-refractivity contribution in [3.05, 3.63) is 294 Å². The minimum Gasteiger partial charge on any atom is -0.310 e. The fraction of sp³-hybridized carbons (Fsp3) is 0.0448. The highest BCUT2D eigenvalue weighted by Crippen LogP contribution is 2.58. The minimum absolute atomic E-state index is 0.554. The van der Waals surface area contributed by atoms with Crippen molar-refractivity contribution in [3.8, 4) is 55.6 Å². The summed E-state index contributed by atoms with van der Waals surface area (Å²) in [7, 11) is 0. The smallest absolute Gasteiger partial charge is 0.0714 e. The van der Waals surface area contributed by atoms with Crippen molar-refractivity contribution < 1.29 is 0 Å². The molecule has 11 aromatic rings. The molecule has 11 aromatic carbocycles. The van der Waals surface area contributed by atoms with Crippen LogP contribution in [0.15, 0.2) is 261 Å². The monoisotopic (exact) mass is 867 g/mol. The summed E-state index contributed by atoms with van der Waals surface area (Å²) in [6.45, 7) is 4.49. The van der Waals surface area contributed by atoms with Crippen LogP contribution in [0.3, 0.4) is 0 Å². The van der Waals surface area contributed by atoms with Gasteiger partial charge in [-0.3, -0.25) is 0 Å². The van der Waals surface area contributed by atoms with E-state index in [1.165, 1.54) is 94.2 Å². The first-order valence-corrected chi connectivity index (χ1v) is 23.7. The SMILES string of the molecule is Cc1ccccc1-c1cc2ccccc2cc1N(c1ccc(-c2c(-c3ccccc3)cccc2-c2ccccc2)cc1)c1ccc2c(c1)C(c1ccccc1)(c1ccccc1)c1cccc(C)c1-2. The summed E-state index contributed by atoms with van der Waals surface area (Å²) in [5, 5.41) is 2.40. The maximum Gasteiger partial charge on any atom is 0.0714 e. The van der Waals surface area contributed by atoms with E-state index in [0.717, 1.165) is 22.6 Å². The molecule has 12 rings (SSSR count). The van der Waals surface area contributed by atoms with E-state index in [1.807, 2.05) is 0 Å². The highest BCUT2D eigenvalue weighted by molar-refractivity contribution is 6.01. The van der Waals surface area contributed by atoms with Gasteiger partial charge in [0, 0.05) is 16.9 Å². The third-order valence-electron chi connectivity index (χ3n) is 14.2. The molecule has 1 aliphatic rings. The van der Waals surface area contributed by atoms with Gasteiger partial charge in [0.1, 0.15) is 0 Å². The maximum atomic E-state index is 2.51. The predicted octanol–water partition coefficient (Wildman–Crippen LogP) is 18.0. The molecule has 1 nitrogen and oxygen atoms in total. The van der Waals surface area contributed by atoms with E-state index in [4.69, 9.17) is 0 Å². The third-order valence-corrected chi connectivity index (χ3v) is 14.2. The van der Waals surface area contributed by atoms with Gasteiger partial charge < -0.3 is 4.90 Å². The van der Waals surface area contributed by atoms with Gasteiger partial charge >= 0.3 is 0 Å². The Bertz CT molecular complexity index is 3510. The molecule has 0 atom stereocenters. The number of nitrogens with zero attached hydrogens (tertiary/aromatic N) is 1. The second-order valence-corrected chi connectivity index (χ2v) is 18.1. The van der Waals surface area contributed by atoms with Gasteiger partial charge in [-0.2, -0.15) is 0 Å². The second kappa shape index (κ2) is 17.0. The first-order valence-electron chi connectivity index (χ1n) is 23.7. The molecule has 0 N–H and O–H groups in total. The molecule has 0 aliphatic heterocycles. The number of hydrogen-bond acceptors (Lipinski definition) is 1. The second-order valence-electron chi connectivity index (χ2n) is 18.1. The van der Waals surface area contributed by atoms with Crippen LogP contribution >= 0.6 is 0 Å². The molecule has 0 heterocycles. The van der Waals surface area contributed by atoms with Crippen LogP contribution in [0.5, 0.6) is 0 Å². The fourth-order valence-corrected chi connectivity index (χ4v) is 11.1. The zero-order valence-corrected chi connectivity index (χ0v) is 38.3. The predicted molar refractivity (Wildman–Crippen MR) is 287 cm³/mol. The van der Waals surface area contributed by atoms with Crippen molar-refractivity contribution in [1.29, 1.82) is 0 Å². The Morgan fingerprint density at radius 2 is 0.794 bits per heavy atom. The average molecular weight is 868 g/mol. The van der Waals surface area contributed by atoms with Crippen molar-refractivity contribution >= 4 is 27.8 Å². The summed E-state index contributed by atoms with van der Waals surface area (Å²) in [5.74, 6) is 0. The van der Waals surface area contributed by atoms with Crippen molar-refractivity contribution in [3.63, 3.8) is 0 Å². The summed E-state index contributed by atoms with van der Waals surface area (Å²) in [5.41, 5.74) is 22.5. The van der Waals surface area contributed by atoms with Gasteiger partial charge in [-0.05, 0) is 144 Å². The molecule has 0 unspecified atom stereocenters. The quantitative estimate of drug-likeness (QED) is 0.140. The molecular formula is C67H49N. The maximum absolute atomic E-state index is 2.51. The van der Waals surface area contributed by atoms with Gasteiger partial charge in [0.2, 0.25) is 0 Å².